The summed E-state index contributed by atoms with van der Waals surface area (Å²) in [4.78, 5) is 20.5. The molecule has 0 radical (unpaired) electrons. The van der Waals surface area contributed by atoms with Gasteiger partial charge in [-0.2, -0.15) is 0 Å². The van der Waals surface area contributed by atoms with E-state index in [0.29, 0.717) is 0 Å². The highest BCUT2D eigenvalue weighted by molar-refractivity contribution is 7.13. The lowest BCUT2D eigenvalue weighted by atomic mass is 9.96. The summed E-state index contributed by atoms with van der Waals surface area (Å²) in [6.45, 7) is 5.07. The maximum atomic E-state index is 12.3. The zero-order valence-corrected chi connectivity index (χ0v) is 14.4. The van der Waals surface area contributed by atoms with Crippen molar-refractivity contribution < 1.29 is 4.79 Å². The predicted octanol–water partition coefficient (Wildman–Crippen LogP) is 3.41. The molecule has 118 valence electrons. The number of nitrogens with one attached hydrogen (secondary N) is 1. The van der Waals surface area contributed by atoms with Crippen molar-refractivity contribution in [3.05, 3.63) is 33.5 Å². The number of thiazole rings is 1. The van der Waals surface area contributed by atoms with Gasteiger partial charge < -0.3 is 10.2 Å². The number of carbonyl (C=O) groups excluding carboxylic acids is 1. The number of amides is 1. The third-order valence-electron chi connectivity index (χ3n) is 4.06. The Morgan fingerprint density at radius 1 is 1.41 bits per heavy atom. The van der Waals surface area contributed by atoms with Crippen LogP contribution in [-0.4, -0.2) is 35.4 Å². The second-order valence-corrected chi connectivity index (χ2v) is 7.62. The molecule has 1 fully saturated rings. The van der Waals surface area contributed by atoms with Gasteiger partial charge in [0, 0.05) is 22.7 Å². The molecule has 1 amide bonds. The Bertz CT molecular complexity index is 601. The van der Waals surface area contributed by atoms with Crippen molar-refractivity contribution in [1.29, 1.82) is 0 Å². The highest BCUT2D eigenvalue weighted by atomic mass is 32.1. The van der Waals surface area contributed by atoms with Gasteiger partial charge >= 0.3 is 0 Å². The Morgan fingerprint density at radius 3 is 2.86 bits per heavy atom. The molecule has 3 heterocycles. The fourth-order valence-electron chi connectivity index (χ4n) is 2.76. The van der Waals surface area contributed by atoms with Crippen LogP contribution in [0.3, 0.4) is 0 Å². The van der Waals surface area contributed by atoms with Gasteiger partial charge in [-0.3, -0.25) is 4.79 Å². The van der Waals surface area contributed by atoms with Crippen LogP contribution in [0.25, 0.3) is 0 Å². The van der Waals surface area contributed by atoms with Gasteiger partial charge in [-0.15, -0.1) is 22.7 Å². The number of aryl methyl sites for hydroxylation is 1. The number of hydrogen-bond donors (Lipinski definition) is 1. The minimum Gasteiger partial charge on any atom is -0.303 e. The van der Waals surface area contributed by atoms with Crippen LogP contribution in [-0.2, 0) is 11.2 Å². The van der Waals surface area contributed by atoms with Crippen LogP contribution < -0.4 is 5.32 Å². The van der Waals surface area contributed by atoms with Crippen molar-refractivity contribution in [3.8, 4) is 0 Å². The topological polar surface area (TPSA) is 45.2 Å². The van der Waals surface area contributed by atoms with E-state index >= 15 is 0 Å². The molecule has 0 saturated carbocycles. The van der Waals surface area contributed by atoms with Gasteiger partial charge in [-0.25, -0.2) is 4.98 Å². The fourth-order valence-corrected chi connectivity index (χ4v) is 4.15. The maximum Gasteiger partial charge on any atom is 0.229 e. The summed E-state index contributed by atoms with van der Waals surface area (Å²) in [6, 6.07) is 4.30. The normalized spacial score (nSPS) is 16.8. The van der Waals surface area contributed by atoms with Crippen LogP contribution in [0.4, 0.5) is 5.13 Å². The van der Waals surface area contributed by atoms with E-state index in [1.807, 2.05) is 23.6 Å². The number of aromatic nitrogens is 1. The molecule has 4 nitrogen and oxygen atoms in total. The molecule has 1 aliphatic rings. The summed E-state index contributed by atoms with van der Waals surface area (Å²) in [5.41, 5.74) is 0.962. The van der Waals surface area contributed by atoms with Crippen LogP contribution in [0.1, 0.15) is 23.4 Å². The number of anilines is 1. The van der Waals surface area contributed by atoms with Crippen LogP contribution in [0.15, 0.2) is 22.9 Å². The zero-order chi connectivity index (χ0) is 15.4. The van der Waals surface area contributed by atoms with E-state index in [2.05, 4.69) is 32.7 Å². The molecule has 3 rings (SSSR count). The number of carbonyl (C=O) groups is 1. The molecule has 1 N–H and O–H groups in total. The van der Waals surface area contributed by atoms with Crippen LogP contribution in [0.5, 0.6) is 0 Å². The molecule has 1 saturated heterocycles. The molecule has 0 atom stereocenters. The average Bonchev–Trinajstić information content (AvgIpc) is 3.17. The second-order valence-electron chi connectivity index (χ2n) is 5.73. The van der Waals surface area contributed by atoms with Crippen LogP contribution in [0, 0.1) is 12.8 Å². The number of likely N-dealkylation sites (tertiary alicyclic amines) is 1. The van der Waals surface area contributed by atoms with Crippen molar-refractivity contribution in [2.45, 2.75) is 26.2 Å². The average molecular weight is 335 g/mol. The lowest BCUT2D eigenvalue weighted by Gasteiger charge is -2.30. The van der Waals surface area contributed by atoms with Crippen molar-refractivity contribution in [2.24, 2.45) is 5.92 Å². The summed E-state index contributed by atoms with van der Waals surface area (Å²) >= 11 is 3.32. The molecule has 1 aliphatic heterocycles. The Balaban J connectivity index is 1.42. The summed E-state index contributed by atoms with van der Waals surface area (Å²) in [5.74, 6) is 0.259. The van der Waals surface area contributed by atoms with Crippen molar-refractivity contribution >= 4 is 33.7 Å². The van der Waals surface area contributed by atoms with E-state index in [1.54, 1.807) is 0 Å². The van der Waals surface area contributed by atoms with Crippen molar-refractivity contribution in [3.63, 3.8) is 0 Å². The molecule has 0 unspecified atom stereocenters. The first-order chi connectivity index (χ1) is 10.7. The van der Waals surface area contributed by atoms with Gasteiger partial charge in [0.15, 0.2) is 5.13 Å². The first-order valence-electron chi connectivity index (χ1n) is 7.68. The Kier molecular flexibility index (Phi) is 5.23. The molecule has 6 heteroatoms. The van der Waals surface area contributed by atoms with Crippen LogP contribution >= 0.6 is 22.7 Å². The van der Waals surface area contributed by atoms with Gasteiger partial charge in [-0.05, 0) is 50.7 Å². The molecule has 22 heavy (non-hydrogen) atoms. The Labute approximate surface area is 139 Å². The number of piperidine rings is 1. The lowest BCUT2D eigenvalue weighted by Crippen LogP contribution is -2.39. The summed E-state index contributed by atoms with van der Waals surface area (Å²) in [5, 5.41) is 7.77. The molecule has 2 aromatic rings. The van der Waals surface area contributed by atoms with Crippen molar-refractivity contribution in [1.82, 2.24) is 9.88 Å². The predicted molar refractivity (Wildman–Crippen MR) is 92.7 cm³/mol. The summed E-state index contributed by atoms with van der Waals surface area (Å²) in [7, 11) is 0. The molecule has 2 aromatic heterocycles. The molecular formula is C16H21N3OS2. The fraction of sp³-hybridized carbons (Fsp3) is 0.500. The van der Waals surface area contributed by atoms with Crippen LogP contribution in [0.2, 0.25) is 0 Å². The van der Waals surface area contributed by atoms with E-state index in [1.165, 1.54) is 16.2 Å². The summed E-state index contributed by atoms with van der Waals surface area (Å²) < 4.78 is 0. The largest absolute Gasteiger partial charge is 0.303 e. The van der Waals surface area contributed by atoms with Gasteiger partial charge in [0.2, 0.25) is 5.91 Å². The van der Waals surface area contributed by atoms with Gasteiger partial charge in [-0.1, -0.05) is 6.07 Å². The minimum atomic E-state index is 0.127. The maximum absolute atomic E-state index is 12.3. The quantitative estimate of drug-likeness (QED) is 0.911. The highest BCUT2D eigenvalue weighted by Gasteiger charge is 2.25. The first-order valence-corrected chi connectivity index (χ1v) is 9.44. The molecule has 0 aliphatic carbocycles. The van der Waals surface area contributed by atoms with E-state index in [0.717, 1.165) is 49.7 Å². The molecule has 0 bridgehead atoms. The summed E-state index contributed by atoms with van der Waals surface area (Å²) in [6.07, 6.45) is 3.01. The smallest absolute Gasteiger partial charge is 0.229 e. The number of hydrogen-bond acceptors (Lipinski definition) is 5. The van der Waals surface area contributed by atoms with Gasteiger partial charge in [0.05, 0.1) is 5.69 Å². The second kappa shape index (κ2) is 7.35. The van der Waals surface area contributed by atoms with Gasteiger partial charge in [0.25, 0.3) is 0 Å². The van der Waals surface area contributed by atoms with Gasteiger partial charge in [0.1, 0.15) is 0 Å². The van der Waals surface area contributed by atoms with Crippen molar-refractivity contribution in [2.75, 3.05) is 25.0 Å². The Morgan fingerprint density at radius 2 is 2.23 bits per heavy atom. The van der Waals surface area contributed by atoms with E-state index in [-0.39, 0.29) is 11.8 Å². The van der Waals surface area contributed by atoms with E-state index in [9.17, 15) is 4.79 Å². The molecule has 0 aromatic carbocycles. The number of thiophene rings is 1. The SMILES string of the molecule is Cc1csc(NC(=O)C2CCN(CCc3cccs3)CC2)n1. The first kappa shape index (κ1) is 15.6. The van der Waals surface area contributed by atoms with E-state index < -0.39 is 0 Å². The third-order valence-corrected chi connectivity index (χ3v) is 5.87. The molecule has 0 spiro atoms. The highest BCUT2D eigenvalue weighted by Crippen LogP contribution is 2.21. The lowest BCUT2D eigenvalue weighted by molar-refractivity contribution is -0.121. The minimum absolute atomic E-state index is 0.127. The third kappa shape index (κ3) is 4.15. The molecular weight excluding hydrogens is 314 g/mol. The zero-order valence-electron chi connectivity index (χ0n) is 12.7. The monoisotopic (exact) mass is 335 g/mol. The Hall–Kier alpha value is -1.24. The number of nitrogens with zero attached hydrogens (tertiary/aromatic N) is 2. The standard InChI is InChI=1S/C16H21N3OS2/c1-12-11-22-16(17-12)18-15(20)13-4-7-19(8-5-13)9-6-14-3-2-10-21-14/h2-3,10-11,13H,4-9H2,1H3,(H,17,18,20). The number of rotatable bonds is 5. The van der Waals surface area contributed by atoms with E-state index in [4.69, 9.17) is 0 Å².